The van der Waals surface area contributed by atoms with Crippen molar-refractivity contribution in [3.8, 4) is 17.2 Å². The molecule has 9 heteroatoms. The SMILES string of the molecule is COc1cccc(C2=C[C@H](c3cccc(OC)c3OC)n3ncc(C(=O)Nc4ccc(Cl)cc4)c3N2)c1. The molecule has 0 saturated heterocycles. The zero-order valence-electron chi connectivity index (χ0n) is 20.5. The maximum absolute atomic E-state index is 13.3. The number of allylic oxidation sites excluding steroid dienone is 1. The number of aromatic nitrogens is 2. The number of carbonyl (C=O) groups excluding carboxylic acids is 1. The molecular weight excluding hydrogens is 492 g/mol. The molecule has 1 amide bonds. The van der Waals surface area contributed by atoms with Gasteiger partial charge in [-0.05, 0) is 48.5 Å². The standard InChI is InChI=1S/C28H25ClN4O4/c1-35-20-7-4-6-17(14-20)23-15-24(21-8-5-9-25(36-2)26(21)37-3)33-27(32-23)22(16-30-33)28(34)31-19-12-10-18(29)11-13-19/h4-16,24,32H,1-3H3,(H,31,34)/t24-/m1/s1. The number of nitrogens with one attached hydrogen (secondary N) is 2. The van der Waals surface area contributed by atoms with Crippen molar-refractivity contribution < 1.29 is 19.0 Å². The molecule has 2 heterocycles. The van der Waals surface area contributed by atoms with Crippen LogP contribution in [0.5, 0.6) is 17.2 Å². The van der Waals surface area contributed by atoms with Crippen LogP contribution in [0.2, 0.25) is 5.02 Å². The molecule has 0 spiro atoms. The van der Waals surface area contributed by atoms with Gasteiger partial charge in [-0.2, -0.15) is 5.10 Å². The molecule has 0 saturated carbocycles. The van der Waals surface area contributed by atoms with Crippen LogP contribution in [-0.4, -0.2) is 37.0 Å². The Labute approximate surface area is 219 Å². The number of methoxy groups -OCH3 is 3. The highest BCUT2D eigenvalue weighted by Crippen LogP contribution is 2.42. The number of fused-ring (bicyclic) bond motifs is 1. The average Bonchev–Trinajstić information content (AvgIpc) is 3.37. The van der Waals surface area contributed by atoms with Gasteiger partial charge in [0, 0.05) is 27.5 Å². The van der Waals surface area contributed by atoms with Gasteiger partial charge >= 0.3 is 0 Å². The van der Waals surface area contributed by atoms with Gasteiger partial charge in [-0.3, -0.25) is 4.79 Å². The van der Waals surface area contributed by atoms with E-state index >= 15 is 0 Å². The number of ether oxygens (including phenoxy) is 3. The van der Waals surface area contributed by atoms with Crippen molar-refractivity contribution in [3.63, 3.8) is 0 Å². The van der Waals surface area contributed by atoms with Crippen molar-refractivity contribution in [2.75, 3.05) is 32.0 Å². The van der Waals surface area contributed by atoms with Gasteiger partial charge in [0.2, 0.25) is 0 Å². The summed E-state index contributed by atoms with van der Waals surface area (Å²) < 4.78 is 18.5. The first-order valence-electron chi connectivity index (χ1n) is 11.5. The molecule has 188 valence electrons. The number of halogens is 1. The number of carbonyl (C=O) groups is 1. The predicted molar refractivity (Wildman–Crippen MR) is 144 cm³/mol. The summed E-state index contributed by atoms with van der Waals surface area (Å²) in [7, 11) is 4.82. The van der Waals surface area contributed by atoms with Crippen LogP contribution in [0.3, 0.4) is 0 Å². The van der Waals surface area contributed by atoms with Gasteiger partial charge < -0.3 is 24.8 Å². The van der Waals surface area contributed by atoms with Crippen LogP contribution in [0.25, 0.3) is 5.70 Å². The van der Waals surface area contributed by atoms with Gasteiger partial charge in [-0.1, -0.05) is 35.9 Å². The molecule has 1 aliphatic rings. The topological polar surface area (TPSA) is 86.6 Å². The van der Waals surface area contributed by atoms with E-state index in [2.05, 4.69) is 15.7 Å². The molecule has 0 fully saturated rings. The lowest BCUT2D eigenvalue weighted by atomic mass is 9.99. The van der Waals surface area contributed by atoms with Crippen LogP contribution in [0.1, 0.15) is 27.5 Å². The normalized spacial score (nSPS) is 14.2. The predicted octanol–water partition coefficient (Wildman–Crippen LogP) is 5.87. The number of benzene rings is 3. The third kappa shape index (κ3) is 4.71. The van der Waals surface area contributed by atoms with Crippen LogP contribution in [0.4, 0.5) is 11.5 Å². The zero-order valence-corrected chi connectivity index (χ0v) is 21.2. The first-order valence-corrected chi connectivity index (χ1v) is 11.9. The monoisotopic (exact) mass is 516 g/mol. The molecule has 5 rings (SSSR count). The second kappa shape index (κ2) is 10.3. The van der Waals surface area contributed by atoms with E-state index in [4.69, 9.17) is 25.8 Å². The fourth-order valence-corrected chi connectivity index (χ4v) is 4.44. The number of amides is 1. The van der Waals surface area contributed by atoms with Crippen LogP contribution < -0.4 is 24.8 Å². The number of nitrogens with zero attached hydrogens (tertiary/aromatic N) is 2. The van der Waals surface area contributed by atoms with Crippen molar-refractivity contribution in [1.82, 2.24) is 9.78 Å². The molecule has 1 aliphatic heterocycles. The van der Waals surface area contributed by atoms with Crippen LogP contribution >= 0.6 is 11.6 Å². The smallest absolute Gasteiger partial charge is 0.261 e. The Morgan fingerprint density at radius 3 is 2.51 bits per heavy atom. The van der Waals surface area contributed by atoms with E-state index in [0.29, 0.717) is 33.6 Å². The van der Waals surface area contributed by atoms with E-state index in [1.807, 2.05) is 48.5 Å². The fraction of sp³-hybridized carbons (Fsp3) is 0.143. The van der Waals surface area contributed by atoms with Crippen LogP contribution in [0, 0.1) is 0 Å². The highest BCUT2D eigenvalue weighted by atomic mass is 35.5. The van der Waals surface area contributed by atoms with Crippen LogP contribution in [-0.2, 0) is 0 Å². The number of hydrogen-bond donors (Lipinski definition) is 2. The Hall–Kier alpha value is -4.43. The van der Waals surface area contributed by atoms with E-state index in [1.54, 1.807) is 56.5 Å². The summed E-state index contributed by atoms with van der Waals surface area (Å²) >= 11 is 5.99. The van der Waals surface area contributed by atoms with Crippen molar-refractivity contribution in [3.05, 3.63) is 101 Å². The molecule has 0 aliphatic carbocycles. The number of para-hydroxylation sites is 1. The van der Waals surface area contributed by atoms with Crippen molar-refractivity contribution in [1.29, 1.82) is 0 Å². The maximum Gasteiger partial charge on any atom is 0.261 e. The van der Waals surface area contributed by atoms with Crippen LogP contribution in [0.15, 0.2) is 79.0 Å². The van der Waals surface area contributed by atoms with E-state index in [1.165, 1.54) is 0 Å². The van der Waals surface area contributed by atoms with Crippen molar-refractivity contribution in [2.24, 2.45) is 0 Å². The van der Waals surface area contributed by atoms with E-state index in [9.17, 15) is 4.79 Å². The van der Waals surface area contributed by atoms with Gasteiger partial charge in [0.1, 0.15) is 23.2 Å². The van der Waals surface area contributed by atoms with Gasteiger partial charge in [-0.25, -0.2) is 4.68 Å². The Balaban J connectivity index is 1.61. The fourth-order valence-electron chi connectivity index (χ4n) is 4.32. The Bertz CT molecular complexity index is 1480. The lowest BCUT2D eigenvalue weighted by molar-refractivity contribution is 0.102. The largest absolute Gasteiger partial charge is 0.497 e. The number of rotatable bonds is 7. The molecule has 1 aromatic heterocycles. The van der Waals surface area contributed by atoms with Crippen molar-refractivity contribution >= 4 is 34.7 Å². The highest BCUT2D eigenvalue weighted by molar-refractivity contribution is 6.30. The lowest BCUT2D eigenvalue weighted by Gasteiger charge is -2.27. The summed E-state index contributed by atoms with van der Waals surface area (Å²) in [5, 5.41) is 11.5. The third-order valence-electron chi connectivity index (χ3n) is 6.12. The van der Waals surface area contributed by atoms with Crippen molar-refractivity contribution in [2.45, 2.75) is 6.04 Å². The average molecular weight is 517 g/mol. The summed E-state index contributed by atoms with van der Waals surface area (Å²) in [5.41, 5.74) is 3.53. The van der Waals surface area contributed by atoms with E-state index < -0.39 is 0 Å². The molecule has 0 bridgehead atoms. The maximum atomic E-state index is 13.3. The molecule has 3 aromatic carbocycles. The molecule has 37 heavy (non-hydrogen) atoms. The minimum atomic E-state index is -0.389. The lowest BCUT2D eigenvalue weighted by Crippen LogP contribution is -2.22. The van der Waals surface area contributed by atoms with Gasteiger partial charge in [0.05, 0.1) is 27.5 Å². The van der Waals surface area contributed by atoms with Gasteiger partial charge in [-0.15, -0.1) is 0 Å². The molecular formula is C28H25ClN4O4. The summed E-state index contributed by atoms with van der Waals surface area (Å²) in [4.78, 5) is 13.3. The first kappa shape index (κ1) is 24.3. The van der Waals surface area contributed by atoms with E-state index in [-0.39, 0.29) is 11.9 Å². The summed E-state index contributed by atoms with van der Waals surface area (Å²) in [6.45, 7) is 0. The second-order valence-corrected chi connectivity index (χ2v) is 8.71. The van der Waals surface area contributed by atoms with E-state index in [0.717, 1.165) is 22.6 Å². The summed E-state index contributed by atoms with van der Waals surface area (Å²) in [6.07, 6.45) is 3.59. The summed E-state index contributed by atoms with van der Waals surface area (Å²) in [6, 6.07) is 19.9. The zero-order chi connectivity index (χ0) is 25.9. The highest BCUT2D eigenvalue weighted by Gasteiger charge is 2.30. The minimum Gasteiger partial charge on any atom is -0.497 e. The number of hydrogen-bond acceptors (Lipinski definition) is 6. The summed E-state index contributed by atoms with van der Waals surface area (Å²) in [5.74, 6) is 2.15. The molecule has 0 radical (unpaired) electrons. The molecule has 0 unspecified atom stereocenters. The quantitative estimate of drug-likeness (QED) is 0.319. The van der Waals surface area contributed by atoms with Gasteiger partial charge in [0.15, 0.2) is 11.5 Å². The Morgan fingerprint density at radius 2 is 1.78 bits per heavy atom. The number of anilines is 2. The molecule has 2 N–H and O–H groups in total. The molecule has 8 nitrogen and oxygen atoms in total. The second-order valence-electron chi connectivity index (χ2n) is 8.28. The minimum absolute atomic E-state index is 0.306. The van der Waals surface area contributed by atoms with Gasteiger partial charge in [0.25, 0.3) is 5.91 Å². The first-order chi connectivity index (χ1) is 18.0. The molecule has 4 aromatic rings. The molecule has 1 atom stereocenters. The Morgan fingerprint density at radius 1 is 1.00 bits per heavy atom. The third-order valence-corrected chi connectivity index (χ3v) is 6.37. The Kier molecular flexibility index (Phi) is 6.74.